The van der Waals surface area contributed by atoms with Gasteiger partial charge in [0.1, 0.15) is 0 Å². The van der Waals surface area contributed by atoms with E-state index in [4.69, 9.17) is 4.74 Å². The highest BCUT2D eigenvalue weighted by Gasteiger charge is 2.12. The summed E-state index contributed by atoms with van der Waals surface area (Å²) >= 11 is 0. The lowest BCUT2D eigenvalue weighted by molar-refractivity contribution is 0.185. The molecule has 1 heterocycles. The molecule has 1 fully saturated rings. The lowest BCUT2D eigenvalue weighted by Gasteiger charge is -2.22. The largest absolute Gasteiger partial charge is 0.380 e. The summed E-state index contributed by atoms with van der Waals surface area (Å²) < 4.78 is 5.11. The first-order valence-corrected chi connectivity index (χ1v) is 6.16. The number of piperidine rings is 1. The third kappa shape index (κ3) is 3.32. The zero-order valence-electron chi connectivity index (χ0n) is 10.0. The number of hydrogen-bond donors (Lipinski definition) is 1. The highest BCUT2D eigenvalue weighted by molar-refractivity contribution is 5.22. The lowest BCUT2D eigenvalue weighted by Crippen LogP contribution is -2.30. The molecule has 0 aromatic heterocycles. The maximum atomic E-state index is 5.11. The molecular weight excluding hydrogens is 198 g/mol. The summed E-state index contributed by atoms with van der Waals surface area (Å²) in [5.74, 6) is 0.821. The van der Waals surface area contributed by atoms with Gasteiger partial charge in [-0.1, -0.05) is 24.3 Å². The van der Waals surface area contributed by atoms with Crippen molar-refractivity contribution in [1.29, 1.82) is 0 Å². The number of benzene rings is 1. The van der Waals surface area contributed by atoms with Crippen molar-refractivity contribution in [1.82, 2.24) is 5.32 Å². The Hall–Kier alpha value is -0.860. The van der Waals surface area contributed by atoms with Crippen LogP contribution < -0.4 is 5.32 Å². The van der Waals surface area contributed by atoms with Crippen molar-refractivity contribution in [3.63, 3.8) is 0 Å². The zero-order valence-corrected chi connectivity index (χ0v) is 10.0. The summed E-state index contributed by atoms with van der Waals surface area (Å²) in [4.78, 5) is 0. The van der Waals surface area contributed by atoms with Gasteiger partial charge < -0.3 is 10.1 Å². The Morgan fingerprint density at radius 1 is 1.25 bits per heavy atom. The van der Waals surface area contributed by atoms with Crippen LogP contribution in [-0.4, -0.2) is 20.2 Å². The Labute approximate surface area is 98.0 Å². The van der Waals surface area contributed by atoms with Crippen molar-refractivity contribution in [3.05, 3.63) is 35.4 Å². The van der Waals surface area contributed by atoms with E-state index in [0.717, 1.165) is 5.92 Å². The van der Waals surface area contributed by atoms with Crippen molar-refractivity contribution in [2.24, 2.45) is 5.92 Å². The van der Waals surface area contributed by atoms with Crippen LogP contribution in [0.3, 0.4) is 0 Å². The maximum absolute atomic E-state index is 5.11. The molecule has 0 aliphatic carbocycles. The minimum Gasteiger partial charge on any atom is -0.380 e. The molecule has 88 valence electrons. The van der Waals surface area contributed by atoms with Crippen LogP contribution in [0.2, 0.25) is 0 Å². The average molecular weight is 219 g/mol. The van der Waals surface area contributed by atoms with Crippen LogP contribution >= 0.6 is 0 Å². The van der Waals surface area contributed by atoms with Crippen molar-refractivity contribution >= 4 is 0 Å². The van der Waals surface area contributed by atoms with E-state index in [1.807, 2.05) is 0 Å². The van der Waals surface area contributed by atoms with Gasteiger partial charge in [0.05, 0.1) is 6.61 Å². The molecular formula is C14H21NO. The topological polar surface area (TPSA) is 21.3 Å². The Kier molecular flexibility index (Phi) is 4.37. The first-order valence-electron chi connectivity index (χ1n) is 6.16. The van der Waals surface area contributed by atoms with Gasteiger partial charge >= 0.3 is 0 Å². The van der Waals surface area contributed by atoms with Gasteiger partial charge in [0.2, 0.25) is 0 Å². The molecule has 0 radical (unpaired) electrons. The third-order valence-electron chi connectivity index (χ3n) is 3.26. The van der Waals surface area contributed by atoms with E-state index in [2.05, 4.69) is 29.6 Å². The van der Waals surface area contributed by atoms with Crippen molar-refractivity contribution in [2.75, 3.05) is 20.2 Å². The van der Waals surface area contributed by atoms with Gasteiger partial charge in [-0.15, -0.1) is 0 Å². The van der Waals surface area contributed by atoms with Crippen LogP contribution in [0.25, 0.3) is 0 Å². The summed E-state index contributed by atoms with van der Waals surface area (Å²) in [6, 6.07) is 8.83. The number of rotatable bonds is 4. The minimum absolute atomic E-state index is 0.714. The van der Waals surface area contributed by atoms with Crippen LogP contribution in [-0.2, 0) is 17.8 Å². The monoisotopic (exact) mass is 219 g/mol. The van der Waals surface area contributed by atoms with Gasteiger partial charge in [-0.25, -0.2) is 0 Å². The molecule has 2 nitrogen and oxygen atoms in total. The van der Waals surface area contributed by atoms with Gasteiger partial charge in [0, 0.05) is 7.11 Å². The third-order valence-corrected chi connectivity index (χ3v) is 3.26. The number of ether oxygens (including phenoxy) is 1. The molecule has 0 saturated carbocycles. The standard InChI is InChI=1S/C14H21NO/c1-16-11-13-6-4-12(5-7-13)9-14-3-2-8-15-10-14/h4-7,14-15H,2-3,8-11H2,1H3. The molecule has 1 aromatic rings. The van der Waals surface area contributed by atoms with E-state index in [1.54, 1.807) is 7.11 Å². The van der Waals surface area contributed by atoms with Crippen LogP contribution in [0.4, 0.5) is 0 Å². The minimum atomic E-state index is 0.714. The fraction of sp³-hybridized carbons (Fsp3) is 0.571. The molecule has 1 unspecified atom stereocenters. The van der Waals surface area contributed by atoms with E-state index in [0.29, 0.717) is 6.61 Å². The second-order valence-corrected chi connectivity index (χ2v) is 4.67. The van der Waals surface area contributed by atoms with E-state index >= 15 is 0 Å². The molecule has 2 rings (SSSR count). The van der Waals surface area contributed by atoms with Gasteiger partial charge in [0.15, 0.2) is 0 Å². The van der Waals surface area contributed by atoms with Crippen molar-refractivity contribution in [3.8, 4) is 0 Å². The van der Waals surface area contributed by atoms with Crippen molar-refractivity contribution < 1.29 is 4.74 Å². The predicted molar refractivity (Wildman–Crippen MR) is 66.5 cm³/mol. The van der Waals surface area contributed by atoms with Gasteiger partial charge in [-0.2, -0.15) is 0 Å². The van der Waals surface area contributed by atoms with E-state index in [9.17, 15) is 0 Å². The molecule has 2 heteroatoms. The summed E-state index contributed by atoms with van der Waals surface area (Å²) in [5, 5.41) is 3.47. The molecule has 16 heavy (non-hydrogen) atoms. The number of nitrogens with one attached hydrogen (secondary N) is 1. The normalized spacial score (nSPS) is 20.9. The fourth-order valence-electron chi connectivity index (χ4n) is 2.37. The van der Waals surface area contributed by atoms with Crippen LogP contribution in [0, 0.1) is 5.92 Å². The molecule has 0 amide bonds. The van der Waals surface area contributed by atoms with Gasteiger partial charge in [-0.3, -0.25) is 0 Å². The smallest absolute Gasteiger partial charge is 0.0713 e. The second kappa shape index (κ2) is 6.02. The molecule has 0 bridgehead atoms. The van der Waals surface area contributed by atoms with Crippen LogP contribution in [0.5, 0.6) is 0 Å². The van der Waals surface area contributed by atoms with Crippen LogP contribution in [0.1, 0.15) is 24.0 Å². The Morgan fingerprint density at radius 3 is 2.62 bits per heavy atom. The molecule has 1 aliphatic rings. The summed E-state index contributed by atoms with van der Waals surface area (Å²) in [6.45, 7) is 3.09. The SMILES string of the molecule is COCc1ccc(CC2CCCNC2)cc1. The Bertz CT molecular complexity index is 301. The first-order chi connectivity index (χ1) is 7.88. The van der Waals surface area contributed by atoms with E-state index in [-0.39, 0.29) is 0 Å². The average Bonchev–Trinajstić information content (AvgIpc) is 2.33. The molecule has 1 atom stereocenters. The highest BCUT2D eigenvalue weighted by Crippen LogP contribution is 2.16. The van der Waals surface area contributed by atoms with E-state index in [1.165, 1.54) is 43.5 Å². The van der Waals surface area contributed by atoms with Gasteiger partial charge in [-0.05, 0) is 49.4 Å². The molecule has 1 aliphatic heterocycles. The molecule has 1 N–H and O–H groups in total. The quantitative estimate of drug-likeness (QED) is 0.839. The highest BCUT2D eigenvalue weighted by atomic mass is 16.5. The number of hydrogen-bond acceptors (Lipinski definition) is 2. The summed E-state index contributed by atoms with van der Waals surface area (Å²) in [7, 11) is 1.74. The lowest BCUT2D eigenvalue weighted by atomic mass is 9.92. The fourth-order valence-corrected chi connectivity index (χ4v) is 2.37. The zero-order chi connectivity index (χ0) is 11.2. The Balaban J connectivity index is 1.88. The maximum Gasteiger partial charge on any atom is 0.0713 e. The second-order valence-electron chi connectivity index (χ2n) is 4.67. The Morgan fingerprint density at radius 2 is 2.00 bits per heavy atom. The number of methoxy groups -OCH3 is 1. The van der Waals surface area contributed by atoms with E-state index < -0.39 is 0 Å². The molecule has 1 saturated heterocycles. The van der Waals surface area contributed by atoms with Crippen molar-refractivity contribution in [2.45, 2.75) is 25.9 Å². The molecule has 0 spiro atoms. The van der Waals surface area contributed by atoms with Crippen LogP contribution in [0.15, 0.2) is 24.3 Å². The summed E-state index contributed by atoms with van der Waals surface area (Å²) in [5.41, 5.74) is 2.71. The summed E-state index contributed by atoms with van der Waals surface area (Å²) in [6.07, 6.45) is 3.90. The predicted octanol–water partition coefficient (Wildman–Crippen LogP) is 2.38. The first kappa shape index (κ1) is 11.6. The van der Waals surface area contributed by atoms with Gasteiger partial charge in [0.25, 0.3) is 0 Å². The molecule has 1 aromatic carbocycles.